The van der Waals surface area contributed by atoms with E-state index >= 15 is 0 Å². The number of nitrogens with zero attached hydrogens (tertiary/aromatic N) is 1. The number of carboxylic acid groups (broad SMARTS) is 1. The summed E-state index contributed by atoms with van der Waals surface area (Å²) in [5.74, 6) is -1.44. The maximum Gasteiger partial charge on any atom is 0.338 e. The maximum atomic E-state index is 13.1. The lowest BCUT2D eigenvalue weighted by atomic mass is 10.3. The molecule has 0 bridgehead atoms. The summed E-state index contributed by atoms with van der Waals surface area (Å²) in [5, 5.41) is 9.36. The van der Waals surface area contributed by atoms with Crippen LogP contribution in [0.25, 0.3) is 0 Å². The molecule has 0 fully saturated rings. The highest BCUT2D eigenvalue weighted by atomic mass is 79.9. The molecule has 1 heterocycles. The summed E-state index contributed by atoms with van der Waals surface area (Å²) in [4.78, 5) is 15.6. The summed E-state index contributed by atoms with van der Waals surface area (Å²) in [6.45, 7) is 0. The second kappa shape index (κ2) is 5.49. The van der Waals surface area contributed by atoms with Gasteiger partial charge in [0.2, 0.25) is 0 Å². The molecule has 0 aliphatic rings. The fraction of sp³-hybridized carbons (Fsp3) is 0. The highest BCUT2D eigenvalue weighted by molar-refractivity contribution is 9.10. The van der Waals surface area contributed by atoms with Crippen molar-refractivity contribution in [2.75, 3.05) is 0 Å². The van der Waals surface area contributed by atoms with E-state index < -0.39 is 5.97 Å². The van der Waals surface area contributed by atoms with E-state index in [0.29, 0.717) is 14.4 Å². The van der Waals surface area contributed by atoms with Crippen LogP contribution in [0.2, 0.25) is 0 Å². The lowest BCUT2D eigenvalue weighted by Crippen LogP contribution is -2.00. The molecular formula is C12H7BrFNO2S. The quantitative estimate of drug-likeness (QED) is 0.930. The molecule has 2 rings (SSSR count). The molecule has 0 unspecified atom stereocenters. The van der Waals surface area contributed by atoms with E-state index in [9.17, 15) is 9.18 Å². The molecule has 6 heteroatoms. The van der Waals surface area contributed by atoms with E-state index in [4.69, 9.17) is 5.11 Å². The van der Waals surface area contributed by atoms with Gasteiger partial charge in [0, 0.05) is 15.6 Å². The Bertz CT molecular complexity index is 606. The molecule has 0 aliphatic carbocycles. The Hall–Kier alpha value is -1.40. The predicted octanol–water partition coefficient (Wildman–Crippen LogP) is 3.83. The van der Waals surface area contributed by atoms with Crippen molar-refractivity contribution >= 4 is 33.7 Å². The van der Waals surface area contributed by atoms with Crippen LogP contribution in [0, 0.1) is 5.82 Å². The van der Waals surface area contributed by atoms with E-state index in [1.165, 1.54) is 24.4 Å². The first-order chi connectivity index (χ1) is 8.58. The average molecular weight is 328 g/mol. The minimum atomic E-state index is -1.06. The summed E-state index contributed by atoms with van der Waals surface area (Å²) in [7, 11) is 0. The number of aromatic nitrogens is 1. The van der Waals surface area contributed by atoms with Crippen LogP contribution >= 0.6 is 27.7 Å². The Balaban J connectivity index is 2.40. The van der Waals surface area contributed by atoms with Crippen molar-refractivity contribution in [3.8, 4) is 0 Å². The molecule has 1 N–H and O–H groups in total. The number of rotatable bonds is 3. The standard InChI is InChI=1S/C12H7BrFNO2S/c13-9-4-3-7(14)6-10(9)18-11-8(12(16)17)2-1-5-15-11/h1-6H,(H,16,17). The van der Waals surface area contributed by atoms with Gasteiger partial charge in [0.25, 0.3) is 0 Å². The molecule has 18 heavy (non-hydrogen) atoms. The molecule has 1 aromatic heterocycles. The van der Waals surface area contributed by atoms with Crippen molar-refractivity contribution in [1.29, 1.82) is 0 Å². The zero-order valence-corrected chi connectivity index (χ0v) is 11.3. The molecule has 3 nitrogen and oxygen atoms in total. The Morgan fingerprint density at radius 2 is 2.17 bits per heavy atom. The van der Waals surface area contributed by atoms with Crippen molar-refractivity contribution in [2.24, 2.45) is 0 Å². The highest BCUT2D eigenvalue weighted by Gasteiger charge is 2.13. The van der Waals surface area contributed by atoms with Gasteiger partial charge in [-0.05, 0) is 46.3 Å². The summed E-state index contributed by atoms with van der Waals surface area (Å²) in [6, 6.07) is 7.24. The van der Waals surface area contributed by atoms with Crippen LogP contribution in [0.4, 0.5) is 4.39 Å². The molecule has 0 saturated heterocycles. The van der Waals surface area contributed by atoms with Crippen molar-refractivity contribution in [1.82, 2.24) is 4.98 Å². The zero-order chi connectivity index (χ0) is 13.1. The fourth-order valence-corrected chi connectivity index (χ4v) is 2.71. The van der Waals surface area contributed by atoms with E-state index in [-0.39, 0.29) is 11.4 Å². The SMILES string of the molecule is O=C(O)c1cccnc1Sc1cc(F)ccc1Br. The first kappa shape index (κ1) is 13.0. The number of carboxylic acids is 1. The molecule has 92 valence electrons. The van der Waals surface area contributed by atoms with Gasteiger partial charge in [0.1, 0.15) is 10.8 Å². The van der Waals surface area contributed by atoms with Crippen LogP contribution in [-0.4, -0.2) is 16.1 Å². The van der Waals surface area contributed by atoms with Crippen molar-refractivity contribution in [2.45, 2.75) is 9.92 Å². The minimum absolute atomic E-state index is 0.0960. The summed E-state index contributed by atoms with van der Waals surface area (Å²) < 4.78 is 13.8. The number of aromatic carboxylic acids is 1. The van der Waals surface area contributed by atoms with Crippen LogP contribution in [0.3, 0.4) is 0 Å². The lowest BCUT2D eigenvalue weighted by molar-refractivity contribution is 0.0692. The van der Waals surface area contributed by atoms with Gasteiger partial charge in [-0.15, -0.1) is 0 Å². The van der Waals surface area contributed by atoms with Crippen LogP contribution < -0.4 is 0 Å². The average Bonchev–Trinajstić information content (AvgIpc) is 2.34. The monoisotopic (exact) mass is 327 g/mol. The third kappa shape index (κ3) is 2.88. The lowest BCUT2D eigenvalue weighted by Gasteiger charge is -2.06. The number of pyridine rings is 1. The first-order valence-corrected chi connectivity index (χ1v) is 6.50. The van der Waals surface area contributed by atoms with E-state index in [1.54, 1.807) is 12.1 Å². The highest BCUT2D eigenvalue weighted by Crippen LogP contribution is 2.34. The van der Waals surface area contributed by atoms with Crippen LogP contribution in [0.5, 0.6) is 0 Å². The van der Waals surface area contributed by atoms with Gasteiger partial charge in [-0.1, -0.05) is 11.8 Å². The zero-order valence-electron chi connectivity index (χ0n) is 8.93. The number of hydrogen-bond acceptors (Lipinski definition) is 3. The van der Waals surface area contributed by atoms with Crippen molar-refractivity contribution in [3.63, 3.8) is 0 Å². The number of carbonyl (C=O) groups is 1. The Morgan fingerprint density at radius 1 is 1.39 bits per heavy atom. The molecule has 0 aliphatic heterocycles. The van der Waals surface area contributed by atoms with E-state index in [0.717, 1.165) is 11.8 Å². The number of hydrogen-bond donors (Lipinski definition) is 1. The molecule has 1 aromatic carbocycles. The molecule has 0 radical (unpaired) electrons. The normalized spacial score (nSPS) is 10.3. The second-order valence-corrected chi connectivity index (χ2v) is 5.22. The Labute approximate surface area is 115 Å². The minimum Gasteiger partial charge on any atom is -0.478 e. The summed E-state index contributed by atoms with van der Waals surface area (Å²) in [5.41, 5.74) is 0.0960. The van der Waals surface area contributed by atoms with Crippen LogP contribution in [-0.2, 0) is 0 Å². The third-order valence-electron chi connectivity index (χ3n) is 2.10. The van der Waals surface area contributed by atoms with Crippen LogP contribution in [0.1, 0.15) is 10.4 Å². The molecule has 0 spiro atoms. The molecular weight excluding hydrogens is 321 g/mol. The van der Waals surface area contributed by atoms with Crippen molar-refractivity contribution < 1.29 is 14.3 Å². The van der Waals surface area contributed by atoms with E-state index in [2.05, 4.69) is 20.9 Å². The topological polar surface area (TPSA) is 50.2 Å². The van der Waals surface area contributed by atoms with Gasteiger partial charge >= 0.3 is 5.97 Å². The number of halogens is 2. The maximum absolute atomic E-state index is 13.1. The molecule has 0 atom stereocenters. The van der Waals surface area contributed by atoms with Gasteiger partial charge in [-0.25, -0.2) is 14.2 Å². The van der Waals surface area contributed by atoms with E-state index in [1.807, 2.05) is 0 Å². The molecule has 0 amide bonds. The van der Waals surface area contributed by atoms with Gasteiger partial charge in [0.05, 0.1) is 5.56 Å². The van der Waals surface area contributed by atoms with Gasteiger partial charge in [0.15, 0.2) is 0 Å². The second-order valence-electron chi connectivity index (χ2n) is 3.34. The molecule has 2 aromatic rings. The fourth-order valence-electron chi connectivity index (χ4n) is 1.29. The summed E-state index contributed by atoms with van der Waals surface area (Å²) in [6.07, 6.45) is 1.50. The predicted molar refractivity (Wildman–Crippen MR) is 69.4 cm³/mol. The van der Waals surface area contributed by atoms with Gasteiger partial charge in [-0.2, -0.15) is 0 Å². The Kier molecular flexibility index (Phi) is 3.98. The first-order valence-electron chi connectivity index (χ1n) is 4.89. The Morgan fingerprint density at radius 3 is 2.89 bits per heavy atom. The smallest absolute Gasteiger partial charge is 0.338 e. The van der Waals surface area contributed by atoms with Crippen molar-refractivity contribution in [3.05, 3.63) is 52.4 Å². The van der Waals surface area contributed by atoms with Crippen LogP contribution in [0.15, 0.2) is 50.9 Å². The largest absolute Gasteiger partial charge is 0.478 e. The third-order valence-corrected chi connectivity index (χ3v) is 4.13. The van der Waals surface area contributed by atoms with Gasteiger partial charge in [-0.3, -0.25) is 0 Å². The number of benzene rings is 1. The summed E-state index contributed by atoms with van der Waals surface area (Å²) >= 11 is 4.39. The van der Waals surface area contributed by atoms with Gasteiger partial charge < -0.3 is 5.11 Å². The molecule has 0 saturated carbocycles.